The van der Waals surface area contributed by atoms with Crippen LogP contribution in [0.15, 0.2) is 85.0 Å². The Hall–Kier alpha value is -1.60. The van der Waals surface area contributed by atoms with Crippen LogP contribution in [-0.4, -0.2) is 15.0 Å². The van der Waals surface area contributed by atoms with Crippen molar-refractivity contribution >= 4 is 19.4 Å². The fraction of sp³-hybridized carbons (Fsp3) is 0.200. The number of rotatable bonds is 5. The molecule has 0 saturated heterocycles. The van der Waals surface area contributed by atoms with Crippen LogP contribution in [0.25, 0.3) is 0 Å². The van der Waals surface area contributed by atoms with Gasteiger partial charge >= 0.3 is 139 Å². The molecule has 0 radical (unpaired) electrons. The first-order valence-corrected chi connectivity index (χ1v) is 9.74. The SMILES string of the molecule is NC1(c2ccccc2)C=CC=CC1CC[Se]c1ccccc1. The summed E-state index contributed by atoms with van der Waals surface area (Å²) in [7, 11) is 0. The van der Waals surface area contributed by atoms with E-state index in [0.717, 1.165) is 6.42 Å². The molecule has 2 heteroatoms. The van der Waals surface area contributed by atoms with Gasteiger partial charge in [0.25, 0.3) is 0 Å². The van der Waals surface area contributed by atoms with Gasteiger partial charge in [-0.1, -0.05) is 0 Å². The summed E-state index contributed by atoms with van der Waals surface area (Å²) in [6.45, 7) is 0. The Bertz CT molecular complexity index is 648. The van der Waals surface area contributed by atoms with Crippen molar-refractivity contribution in [1.82, 2.24) is 0 Å². The molecule has 1 nitrogen and oxygen atoms in total. The van der Waals surface area contributed by atoms with E-state index in [9.17, 15) is 0 Å². The van der Waals surface area contributed by atoms with Crippen LogP contribution >= 0.6 is 0 Å². The second-order valence-electron chi connectivity index (χ2n) is 5.60. The predicted octanol–water partition coefficient (Wildman–Crippen LogP) is 3.42. The molecule has 0 heterocycles. The molecule has 0 aliphatic heterocycles. The third kappa shape index (κ3) is 3.41. The number of allylic oxidation sites excluding steroid dienone is 2. The van der Waals surface area contributed by atoms with Gasteiger partial charge in [0.1, 0.15) is 0 Å². The van der Waals surface area contributed by atoms with Crippen molar-refractivity contribution in [2.75, 3.05) is 0 Å². The fourth-order valence-electron chi connectivity index (χ4n) is 2.89. The topological polar surface area (TPSA) is 26.0 Å². The van der Waals surface area contributed by atoms with Crippen molar-refractivity contribution in [3.63, 3.8) is 0 Å². The van der Waals surface area contributed by atoms with Gasteiger partial charge in [-0.25, -0.2) is 0 Å². The van der Waals surface area contributed by atoms with Gasteiger partial charge in [-0.05, 0) is 0 Å². The van der Waals surface area contributed by atoms with Crippen LogP contribution in [0.4, 0.5) is 0 Å². The fourth-order valence-corrected chi connectivity index (χ4v) is 4.90. The standard InChI is InChI=1S/C20H21NSe/c21-20(17-9-3-1-4-10-17)15-8-7-11-18(20)14-16-22-19-12-5-2-6-13-19/h1-13,15,18H,14,16,21H2. The van der Waals surface area contributed by atoms with Crippen molar-refractivity contribution in [2.24, 2.45) is 11.7 Å². The normalized spacial score (nSPS) is 23.6. The first-order valence-electron chi connectivity index (χ1n) is 7.67. The predicted molar refractivity (Wildman–Crippen MR) is 95.3 cm³/mol. The molecule has 2 aromatic rings. The molecular weight excluding hydrogens is 333 g/mol. The Labute approximate surface area is 139 Å². The summed E-state index contributed by atoms with van der Waals surface area (Å²) in [5.74, 6) is 0.366. The Balaban J connectivity index is 1.69. The molecule has 0 spiro atoms. The molecular formula is C20H21NSe. The molecule has 1 aliphatic carbocycles. The van der Waals surface area contributed by atoms with Gasteiger partial charge in [0, 0.05) is 0 Å². The molecule has 0 bridgehead atoms. The minimum absolute atomic E-state index is 0.366. The molecule has 1 aliphatic rings. The third-order valence-corrected chi connectivity index (χ3v) is 6.35. The van der Waals surface area contributed by atoms with Gasteiger partial charge in [-0.2, -0.15) is 0 Å². The van der Waals surface area contributed by atoms with E-state index in [4.69, 9.17) is 5.73 Å². The number of nitrogens with two attached hydrogens (primary N) is 1. The van der Waals surface area contributed by atoms with Crippen molar-refractivity contribution in [3.05, 3.63) is 90.5 Å². The zero-order valence-electron chi connectivity index (χ0n) is 12.6. The molecule has 2 unspecified atom stereocenters. The number of benzene rings is 2. The van der Waals surface area contributed by atoms with Gasteiger partial charge < -0.3 is 0 Å². The van der Waals surface area contributed by atoms with E-state index in [-0.39, 0.29) is 5.54 Å². The van der Waals surface area contributed by atoms with E-state index < -0.39 is 0 Å². The van der Waals surface area contributed by atoms with Crippen molar-refractivity contribution < 1.29 is 0 Å². The summed E-state index contributed by atoms with van der Waals surface area (Å²) >= 11 is 0.522. The molecule has 0 aromatic heterocycles. The van der Waals surface area contributed by atoms with E-state index in [1.54, 1.807) is 0 Å². The first-order chi connectivity index (χ1) is 10.8. The zero-order valence-corrected chi connectivity index (χ0v) is 14.3. The molecule has 2 N–H and O–H groups in total. The maximum atomic E-state index is 6.77. The number of hydrogen-bond donors (Lipinski definition) is 1. The van der Waals surface area contributed by atoms with E-state index in [2.05, 4.69) is 78.9 Å². The second kappa shape index (κ2) is 7.11. The van der Waals surface area contributed by atoms with Crippen molar-refractivity contribution in [1.29, 1.82) is 0 Å². The summed E-state index contributed by atoms with van der Waals surface area (Å²) in [5.41, 5.74) is 7.60. The van der Waals surface area contributed by atoms with Crippen LogP contribution in [-0.2, 0) is 5.54 Å². The van der Waals surface area contributed by atoms with Crippen LogP contribution in [0.2, 0.25) is 5.32 Å². The van der Waals surface area contributed by atoms with Gasteiger partial charge in [0.2, 0.25) is 0 Å². The van der Waals surface area contributed by atoms with Crippen molar-refractivity contribution in [3.8, 4) is 0 Å². The van der Waals surface area contributed by atoms with Gasteiger partial charge in [-0.15, -0.1) is 0 Å². The Morgan fingerprint density at radius 3 is 2.32 bits per heavy atom. The third-order valence-electron chi connectivity index (χ3n) is 4.15. The zero-order chi connectivity index (χ0) is 15.3. The van der Waals surface area contributed by atoms with Crippen LogP contribution in [0.3, 0.4) is 0 Å². The van der Waals surface area contributed by atoms with Crippen LogP contribution in [0.5, 0.6) is 0 Å². The van der Waals surface area contributed by atoms with E-state index in [1.165, 1.54) is 15.3 Å². The Kier molecular flexibility index (Phi) is 4.94. The Morgan fingerprint density at radius 1 is 0.909 bits per heavy atom. The van der Waals surface area contributed by atoms with Crippen LogP contribution in [0, 0.1) is 5.92 Å². The van der Waals surface area contributed by atoms with E-state index in [1.807, 2.05) is 6.07 Å². The van der Waals surface area contributed by atoms with Gasteiger partial charge in [0.05, 0.1) is 0 Å². The maximum absolute atomic E-state index is 6.77. The molecule has 22 heavy (non-hydrogen) atoms. The van der Waals surface area contributed by atoms with Gasteiger partial charge in [0.15, 0.2) is 0 Å². The number of hydrogen-bond acceptors (Lipinski definition) is 1. The molecule has 0 saturated carbocycles. The van der Waals surface area contributed by atoms with Gasteiger partial charge in [-0.3, -0.25) is 0 Å². The second-order valence-corrected chi connectivity index (χ2v) is 8.05. The summed E-state index contributed by atoms with van der Waals surface area (Å²) in [6, 6.07) is 21.2. The molecule has 0 fully saturated rings. The molecule has 0 amide bonds. The van der Waals surface area contributed by atoms with Crippen LogP contribution < -0.4 is 10.2 Å². The summed E-state index contributed by atoms with van der Waals surface area (Å²) < 4.78 is 1.47. The van der Waals surface area contributed by atoms with Crippen molar-refractivity contribution in [2.45, 2.75) is 17.3 Å². The van der Waals surface area contributed by atoms with E-state index >= 15 is 0 Å². The summed E-state index contributed by atoms with van der Waals surface area (Å²) in [6.07, 6.45) is 9.76. The molecule has 2 aromatic carbocycles. The quantitative estimate of drug-likeness (QED) is 0.818. The Morgan fingerprint density at radius 2 is 1.59 bits per heavy atom. The van der Waals surface area contributed by atoms with Crippen LogP contribution in [0.1, 0.15) is 12.0 Å². The summed E-state index contributed by atoms with van der Waals surface area (Å²) in [4.78, 5) is 0. The average molecular weight is 354 g/mol. The average Bonchev–Trinajstić information content (AvgIpc) is 2.58. The first kappa shape index (κ1) is 15.3. The monoisotopic (exact) mass is 355 g/mol. The molecule has 3 rings (SSSR count). The molecule has 112 valence electrons. The van der Waals surface area contributed by atoms with E-state index in [0.29, 0.717) is 20.9 Å². The molecule has 2 atom stereocenters. The summed E-state index contributed by atoms with van der Waals surface area (Å²) in [5, 5.41) is 1.21. The minimum atomic E-state index is -0.372.